The molecule has 2 aromatic heterocycles. The van der Waals surface area contributed by atoms with Crippen molar-refractivity contribution in [2.75, 3.05) is 13.6 Å². The lowest BCUT2D eigenvalue weighted by Crippen LogP contribution is -2.28. The molecule has 0 spiro atoms. The van der Waals surface area contributed by atoms with E-state index in [1.807, 2.05) is 24.3 Å². The average Bonchev–Trinajstić information content (AvgIpc) is 3.27. The monoisotopic (exact) mass is 339 g/mol. The molecule has 7 nitrogen and oxygen atoms in total. The summed E-state index contributed by atoms with van der Waals surface area (Å²) in [4.78, 5) is 30.2. The minimum Gasteiger partial charge on any atom is -0.355 e. The van der Waals surface area contributed by atoms with Crippen molar-refractivity contribution in [3.8, 4) is 0 Å². The van der Waals surface area contributed by atoms with Crippen LogP contribution in [0.3, 0.4) is 0 Å². The quantitative estimate of drug-likeness (QED) is 0.857. The van der Waals surface area contributed by atoms with E-state index in [9.17, 15) is 9.59 Å². The molecule has 1 atom stereocenters. The number of likely N-dealkylation sites (tertiary alicyclic amines) is 1. The summed E-state index contributed by atoms with van der Waals surface area (Å²) < 4.78 is 1.75. The Bertz CT molecular complexity index is 811. The molecule has 0 bridgehead atoms. The summed E-state index contributed by atoms with van der Waals surface area (Å²) >= 11 is 0. The number of aryl methyl sites for hydroxylation is 1. The van der Waals surface area contributed by atoms with Gasteiger partial charge in [-0.1, -0.05) is 0 Å². The molecule has 2 amide bonds. The second-order valence-corrected chi connectivity index (χ2v) is 6.06. The van der Waals surface area contributed by atoms with Gasteiger partial charge in [-0.3, -0.25) is 19.3 Å². The SMILES string of the molecule is CNC(=O)c1cncc(/C=C/C(=O)N2CCCC2c2cnn(C)c2)c1. The van der Waals surface area contributed by atoms with Crippen LogP contribution in [-0.2, 0) is 11.8 Å². The van der Waals surface area contributed by atoms with Gasteiger partial charge in [0, 0.05) is 50.9 Å². The molecule has 3 rings (SSSR count). The first kappa shape index (κ1) is 16.9. The molecule has 25 heavy (non-hydrogen) atoms. The van der Waals surface area contributed by atoms with Crippen LogP contribution in [0, 0.1) is 0 Å². The highest BCUT2D eigenvalue weighted by Gasteiger charge is 2.29. The predicted octanol–water partition coefficient (Wildman–Crippen LogP) is 1.55. The first-order valence-electron chi connectivity index (χ1n) is 8.23. The van der Waals surface area contributed by atoms with E-state index < -0.39 is 0 Å². The summed E-state index contributed by atoms with van der Waals surface area (Å²) in [6, 6.07) is 1.78. The molecule has 1 fully saturated rings. The number of carbonyl (C=O) groups excluding carboxylic acids is 2. The Morgan fingerprint density at radius 1 is 1.32 bits per heavy atom. The summed E-state index contributed by atoms with van der Waals surface area (Å²) in [5, 5.41) is 6.76. The molecule has 1 saturated heterocycles. The van der Waals surface area contributed by atoms with Crippen molar-refractivity contribution in [3.63, 3.8) is 0 Å². The highest BCUT2D eigenvalue weighted by atomic mass is 16.2. The third kappa shape index (κ3) is 3.76. The van der Waals surface area contributed by atoms with Gasteiger partial charge < -0.3 is 10.2 Å². The van der Waals surface area contributed by atoms with E-state index in [-0.39, 0.29) is 17.9 Å². The van der Waals surface area contributed by atoms with Crippen LogP contribution >= 0.6 is 0 Å². The van der Waals surface area contributed by atoms with E-state index in [4.69, 9.17) is 0 Å². The van der Waals surface area contributed by atoms with Crippen molar-refractivity contribution >= 4 is 17.9 Å². The normalized spacial score (nSPS) is 17.2. The molecule has 0 aliphatic carbocycles. The molecule has 1 aliphatic heterocycles. The van der Waals surface area contributed by atoms with Gasteiger partial charge in [-0.15, -0.1) is 0 Å². The minimum absolute atomic E-state index is 0.0447. The lowest BCUT2D eigenvalue weighted by molar-refractivity contribution is -0.126. The standard InChI is InChI=1S/C18H21N5O2/c1-19-18(25)14-8-13(9-20-10-14)5-6-17(24)23-7-3-4-16(23)15-11-21-22(2)12-15/h5-6,8-12,16H,3-4,7H2,1-2H3,(H,19,25)/b6-5+. The Hall–Kier alpha value is -2.96. The Balaban J connectivity index is 1.73. The molecule has 2 aromatic rings. The van der Waals surface area contributed by atoms with Gasteiger partial charge in [-0.05, 0) is 30.5 Å². The molecule has 3 heterocycles. The topological polar surface area (TPSA) is 80.1 Å². The Kier molecular flexibility index (Phi) is 4.92. The zero-order valence-corrected chi connectivity index (χ0v) is 14.3. The van der Waals surface area contributed by atoms with Gasteiger partial charge in [0.1, 0.15) is 0 Å². The van der Waals surface area contributed by atoms with E-state index in [1.54, 1.807) is 36.1 Å². The van der Waals surface area contributed by atoms with E-state index in [2.05, 4.69) is 15.4 Å². The second kappa shape index (κ2) is 7.29. The maximum Gasteiger partial charge on any atom is 0.252 e. The third-order valence-corrected chi connectivity index (χ3v) is 4.31. The van der Waals surface area contributed by atoms with Crippen molar-refractivity contribution < 1.29 is 9.59 Å². The van der Waals surface area contributed by atoms with Crippen molar-refractivity contribution in [2.24, 2.45) is 7.05 Å². The summed E-state index contributed by atoms with van der Waals surface area (Å²) in [5.41, 5.74) is 2.24. The van der Waals surface area contributed by atoms with Gasteiger partial charge in [0.25, 0.3) is 5.91 Å². The van der Waals surface area contributed by atoms with Crippen molar-refractivity contribution in [3.05, 3.63) is 53.6 Å². The van der Waals surface area contributed by atoms with Crippen LogP contribution in [0.1, 0.15) is 40.4 Å². The fraction of sp³-hybridized carbons (Fsp3) is 0.333. The van der Waals surface area contributed by atoms with Crippen LogP contribution in [0.25, 0.3) is 6.08 Å². The fourth-order valence-corrected chi connectivity index (χ4v) is 3.07. The minimum atomic E-state index is -0.203. The number of hydrogen-bond donors (Lipinski definition) is 1. The maximum absolute atomic E-state index is 12.6. The zero-order valence-electron chi connectivity index (χ0n) is 14.3. The Labute approximate surface area is 146 Å². The van der Waals surface area contributed by atoms with Crippen LogP contribution in [0.5, 0.6) is 0 Å². The van der Waals surface area contributed by atoms with Gasteiger partial charge in [-0.2, -0.15) is 5.10 Å². The Morgan fingerprint density at radius 3 is 2.88 bits per heavy atom. The van der Waals surface area contributed by atoms with Crippen LogP contribution in [0.2, 0.25) is 0 Å². The Morgan fingerprint density at radius 2 is 2.16 bits per heavy atom. The number of nitrogens with one attached hydrogen (secondary N) is 1. The van der Waals surface area contributed by atoms with Crippen LogP contribution in [0.4, 0.5) is 0 Å². The summed E-state index contributed by atoms with van der Waals surface area (Å²) in [6.45, 7) is 0.735. The molecular formula is C18H21N5O2. The molecule has 7 heteroatoms. The average molecular weight is 339 g/mol. The molecule has 0 aromatic carbocycles. The van der Waals surface area contributed by atoms with Crippen molar-refractivity contribution in [2.45, 2.75) is 18.9 Å². The number of pyridine rings is 1. The molecule has 1 aliphatic rings. The summed E-state index contributed by atoms with van der Waals surface area (Å²) in [5.74, 6) is -0.248. The van der Waals surface area contributed by atoms with E-state index in [1.165, 1.54) is 6.20 Å². The van der Waals surface area contributed by atoms with Crippen LogP contribution in [0.15, 0.2) is 36.9 Å². The van der Waals surface area contributed by atoms with Crippen molar-refractivity contribution in [1.29, 1.82) is 0 Å². The number of carbonyl (C=O) groups is 2. The number of amides is 2. The van der Waals surface area contributed by atoms with Gasteiger partial charge in [0.05, 0.1) is 17.8 Å². The number of aromatic nitrogens is 3. The highest BCUT2D eigenvalue weighted by molar-refractivity contribution is 5.95. The van der Waals surface area contributed by atoms with Crippen LogP contribution in [-0.4, -0.2) is 45.1 Å². The number of nitrogens with zero attached hydrogens (tertiary/aromatic N) is 4. The fourth-order valence-electron chi connectivity index (χ4n) is 3.07. The molecule has 0 saturated carbocycles. The highest BCUT2D eigenvalue weighted by Crippen LogP contribution is 2.31. The summed E-state index contributed by atoms with van der Waals surface area (Å²) in [6.07, 6.45) is 12.1. The van der Waals surface area contributed by atoms with Crippen LogP contribution < -0.4 is 5.32 Å². The molecule has 1 N–H and O–H groups in total. The predicted molar refractivity (Wildman–Crippen MR) is 93.6 cm³/mol. The van der Waals surface area contributed by atoms with E-state index in [0.717, 1.165) is 24.9 Å². The molecule has 130 valence electrons. The van der Waals surface area contributed by atoms with Gasteiger partial charge in [0.2, 0.25) is 5.91 Å². The summed E-state index contributed by atoms with van der Waals surface area (Å²) in [7, 11) is 3.44. The molecule has 0 radical (unpaired) electrons. The van der Waals surface area contributed by atoms with E-state index >= 15 is 0 Å². The van der Waals surface area contributed by atoms with E-state index in [0.29, 0.717) is 11.1 Å². The number of rotatable bonds is 4. The lowest BCUT2D eigenvalue weighted by atomic mass is 10.1. The van der Waals surface area contributed by atoms with Crippen molar-refractivity contribution in [1.82, 2.24) is 25.0 Å². The lowest BCUT2D eigenvalue weighted by Gasteiger charge is -2.22. The molecular weight excluding hydrogens is 318 g/mol. The first-order valence-corrected chi connectivity index (χ1v) is 8.23. The first-order chi connectivity index (χ1) is 12.1. The van der Waals surface area contributed by atoms with Gasteiger partial charge in [0.15, 0.2) is 0 Å². The zero-order chi connectivity index (χ0) is 17.8. The second-order valence-electron chi connectivity index (χ2n) is 6.06. The van der Waals surface area contributed by atoms with Gasteiger partial charge in [-0.25, -0.2) is 0 Å². The maximum atomic E-state index is 12.6. The smallest absolute Gasteiger partial charge is 0.252 e. The third-order valence-electron chi connectivity index (χ3n) is 4.31. The largest absolute Gasteiger partial charge is 0.355 e. The van der Waals surface area contributed by atoms with Gasteiger partial charge >= 0.3 is 0 Å². The molecule has 1 unspecified atom stereocenters. The number of hydrogen-bond acceptors (Lipinski definition) is 4.